The van der Waals surface area contributed by atoms with E-state index >= 15 is 0 Å². The van der Waals surface area contributed by atoms with E-state index in [4.69, 9.17) is 0 Å². The molecular formula is C13H22N2O3. The van der Waals surface area contributed by atoms with Crippen LogP contribution >= 0.6 is 0 Å². The zero-order valence-electron chi connectivity index (χ0n) is 10.9. The van der Waals surface area contributed by atoms with Crippen molar-refractivity contribution in [1.29, 1.82) is 0 Å². The van der Waals surface area contributed by atoms with Crippen molar-refractivity contribution >= 4 is 11.8 Å². The minimum absolute atomic E-state index is 0.116. The molecule has 2 N–H and O–H groups in total. The second kappa shape index (κ2) is 5.36. The molecule has 1 heterocycles. The molecule has 0 aromatic heterocycles. The van der Waals surface area contributed by atoms with Crippen molar-refractivity contribution < 1.29 is 14.7 Å². The molecule has 5 nitrogen and oxygen atoms in total. The molecule has 1 aliphatic carbocycles. The van der Waals surface area contributed by atoms with Crippen molar-refractivity contribution in [3.8, 4) is 0 Å². The quantitative estimate of drug-likeness (QED) is 0.716. The number of imide groups is 1. The van der Waals surface area contributed by atoms with E-state index < -0.39 is 5.60 Å². The molecule has 2 amide bonds. The van der Waals surface area contributed by atoms with Crippen molar-refractivity contribution in [2.45, 2.75) is 56.6 Å². The van der Waals surface area contributed by atoms with Gasteiger partial charge in [-0.25, -0.2) is 0 Å². The zero-order valence-corrected chi connectivity index (χ0v) is 10.9. The molecule has 102 valence electrons. The summed E-state index contributed by atoms with van der Waals surface area (Å²) in [4.78, 5) is 24.4. The summed E-state index contributed by atoms with van der Waals surface area (Å²) in [6, 6.07) is -0.321. The van der Waals surface area contributed by atoms with Crippen LogP contribution in [-0.2, 0) is 9.59 Å². The number of likely N-dealkylation sites (tertiary alicyclic amines) is 1. The van der Waals surface area contributed by atoms with Gasteiger partial charge >= 0.3 is 0 Å². The Bertz CT molecular complexity index is 337. The second-order valence-corrected chi connectivity index (χ2v) is 5.55. The number of aliphatic hydroxyl groups is 1. The predicted octanol–water partition coefficient (Wildman–Crippen LogP) is 0.419. The predicted molar refractivity (Wildman–Crippen MR) is 66.8 cm³/mol. The van der Waals surface area contributed by atoms with Crippen LogP contribution in [0, 0.1) is 0 Å². The maximum atomic E-state index is 11.9. The van der Waals surface area contributed by atoms with Gasteiger partial charge < -0.3 is 10.4 Å². The molecule has 18 heavy (non-hydrogen) atoms. The highest BCUT2D eigenvalue weighted by Crippen LogP contribution is 2.27. The fourth-order valence-corrected chi connectivity index (χ4v) is 2.80. The lowest BCUT2D eigenvalue weighted by molar-refractivity contribution is -0.148. The summed E-state index contributed by atoms with van der Waals surface area (Å²) in [5.74, 6) is -0.292. The number of hydrogen-bond acceptors (Lipinski definition) is 4. The molecule has 5 heteroatoms. The van der Waals surface area contributed by atoms with Crippen LogP contribution < -0.4 is 5.32 Å². The Balaban J connectivity index is 1.86. The molecule has 1 unspecified atom stereocenters. The number of amides is 2. The Morgan fingerprint density at radius 3 is 2.67 bits per heavy atom. The highest BCUT2D eigenvalue weighted by atomic mass is 16.3. The first kappa shape index (κ1) is 13.5. The highest BCUT2D eigenvalue weighted by molar-refractivity contribution is 6.00. The van der Waals surface area contributed by atoms with Crippen LogP contribution in [0.2, 0.25) is 0 Å². The van der Waals surface area contributed by atoms with Crippen LogP contribution in [0.3, 0.4) is 0 Å². The first-order valence-electron chi connectivity index (χ1n) is 6.78. The summed E-state index contributed by atoms with van der Waals surface area (Å²) in [5.41, 5.74) is -0.668. The molecule has 1 saturated heterocycles. The van der Waals surface area contributed by atoms with Gasteiger partial charge in [-0.3, -0.25) is 14.5 Å². The van der Waals surface area contributed by atoms with E-state index in [1.807, 2.05) is 0 Å². The van der Waals surface area contributed by atoms with E-state index in [-0.39, 0.29) is 17.9 Å². The maximum absolute atomic E-state index is 11.9. The smallest absolute Gasteiger partial charge is 0.246 e. The molecule has 0 spiro atoms. The fraction of sp³-hybridized carbons (Fsp3) is 0.846. The normalized spacial score (nSPS) is 28.6. The van der Waals surface area contributed by atoms with Gasteiger partial charge in [0.2, 0.25) is 11.8 Å². The molecule has 1 atom stereocenters. The van der Waals surface area contributed by atoms with E-state index in [0.717, 1.165) is 25.7 Å². The van der Waals surface area contributed by atoms with Gasteiger partial charge in [0, 0.05) is 20.0 Å². The Morgan fingerprint density at radius 1 is 1.33 bits per heavy atom. The summed E-state index contributed by atoms with van der Waals surface area (Å²) in [6.07, 6.45) is 5.83. The van der Waals surface area contributed by atoms with Crippen LogP contribution in [0.1, 0.15) is 44.9 Å². The third kappa shape index (κ3) is 2.90. The number of likely N-dealkylation sites (N-methyl/N-ethyl adjacent to an activating group) is 1. The van der Waals surface area contributed by atoms with Crippen LogP contribution in [0.5, 0.6) is 0 Å². The van der Waals surface area contributed by atoms with Crippen LogP contribution in [0.25, 0.3) is 0 Å². The van der Waals surface area contributed by atoms with Crippen LogP contribution in [-0.4, -0.2) is 47.1 Å². The third-order valence-corrected chi connectivity index (χ3v) is 4.11. The van der Waals surface area contributed by atoms with E-state index in [0.29, 0.717) is 19.4 Å². The Morgan fingerprint density at radius 2 is 2.00 bits per heavy atom. The standard InChI is InChI=1S/C13H22N2O3/c1-15-11(16)6-5-10(12(15)17)14-9-13(18)7-3-2-4-8-13/h10,14,18H,2-9H2,1H3. The molecule has 2 aliphatic rings. The number of rotatable bonds is 3. The van der Waals surface area contributed by atoms with Crippen molar-refractivity contribution in [1.82, 2.24) is 10.2 Å². The van der Waals surface area contributed by atoms with E-state index in [9.17, 15) is 14.7 Å². The molecule has 2 fully saturated rings. The van der Waals surface area contributed by atoms with Gasteiger partial charge in [-0.05, 0) is 19.3 Å². The lowest BCUT2D eigenvalue weighted by atomic mass is 9.84. The largest absolute Gasteiger partial charge is 0.389 e. The van der Waals surface area contributed by atoms with Gasteiger partial charge in [0.05, 0.1) is 11.6 Å². The highest BCUT2D eigenvalue weighted by Gasteiger charge is 2.35. The summed E-state index contributed by atoms with van der Waals surface area (Å²) in [7, 11) is 1.52. The summed E-state index contributed by atoms with van der Waals surface area (Å²) in [5, 5.41) is 13.5. The number of carbonyl (C=O) groups excluding carboxylic acids is 2. The molecule has 0 bridgehead atoms. The summed E-state index contributed by atoms with van der Waals surface area (Å²) >= 11 is 0. The van der Waals surface area contributed by atoms with Gasteiger partial charge in [0.1, 0.15) is 0 Å². The van der Waals surface area contributed by atoms with Gasteiger partial charge in [-0.15, -0.1) is 0 Å². The fourth-order valence-electron chi connectivity index (χ4n) is 2.80. The number of piperidine rings is 1. The van der Waals surface area contributed by atoms with E-state index in [1.54, 1.807) is 0 Å². The van der Waals surface area contributed by atoms with Gasteiger partial charge in [0.25, 0.3) is 0 Å². The van der Waals surface area contributed by atoms with Gasteiger partial charge in [-0.2, -0.15) is 0 Å². The van der Waals surface area contributed by atoms with E-state index in [2.05, 4.69) is 5.32 Å². The minimum atomic E-state index is -0.668. The Hall–Kier alpha value is -0.940. The van der Waals surface area contributed by atoms with Crippen LogP contribution in [0.4, 0.5) is 0 Å². The number of nitrogens with zero attached hydrogens (tertiary/aromatic N) is 1. The Kier molecular flexibility index (Phi) is 4.02. The third-order valence-electron chi connectivity index (χ3n) is 4.11. The van der Waals surface area contributed by atoms with Crippen molar-refractivity contribution in [2.75, 3.05) is 13.6 Å². The number of nitrogens with one attached hydrogen (secondary N) is 1. The zero-order chi connectivity index (χ0) is 13.2. The van der Waals surface area contributed by atoms with E-state index in [1.165, 1.54) is 18.4 Å². The summed E-state index contributed by atoms with van der Waals surface area (Å²) < 4.78 is 0. The van der Waals surface area contributed by atoms with Crippen molar-refractivity contribution in [3.05, 3.63) is 0 Å². The van der Waals surface area contributed by atoms with Crippen molar-refractivity contribution in [2.24, 2.45) is 0 Å². The molecule has 2 rings (SSSR count). The number of carbonyl (C=O) groups is 2. The lowest BCUT2D eigenvalue weighted by Crippen LogP contribution is -2.55. The molecule has 1 saturated carbocycles. The monoisotopic (exact) mass is 254 g/mol. The average Bonchev–Trinajstić information content (AvgIpc) is 2.36. The van der Waals surface area contributed by atoms with Crippen LogP contribution in [0.15, 0.2) is 0 Å². The molecule has 0 radical (unpaired) electrons. The first-order chi connectivity index (χ1) is 8.52. The maximum Gasteiger partial charge on any atom is 0.246 e. The lowest BCUT2D eigenvalue weighted by Gasteiger charge is -2.35. The average molecular weight is 254 g/mol. The van der Waals surface area contributed by atoms with Gasteiger partial charge in [-0.1, -0.05) is 19.3 Å². The molecule has 1 aliphatic heterocycles. The Labute approximate surface area is 108 Å². The van der Waals surface area contributed by atoms with Gasteiger partial charge in [0.15, 0.2) is 0 Å². The number of hydrogen-bond donors (Lipinski definition) is 2. The molecule has 0 aromatic rings. The SMILES string of the molecule is CN1C(=O)CCC(NCC2(O)CCCCC2)C1=O. The topological polar surface area (TPSA) is 69.6 Å². The molecule has 0 aromatic carbocycles. The summed E-state index contributed by atoms with van der Waals surface area (Å²) in [6.45, 7) is 0.450. The second-order valence-electron chi connectivity index (χ2n) is 5.55. The minimum Gasteiger partial charge on any atom is -0.389 e. The first-order valence-corrected chi connectivity index (χ1v) is 6.78. The molecular weight excluding hydrogens is 232 g/mol. The van der Waals surface area contributed by atoms with Crippen molar-refractivity contribution in [3.63, 3.8) is 0 Å².